The highest BCUT2D eigenvalue weighted by Crippen LogP contribution is 2.30. The molecule has 0 saturated carbocycles. The van der Waals surface area contributed by atoms with Gasteiger partial charge in [-0.25, -0.2) is 0 Å². The van der Waals surface area contributed by atoms with Crippen molar-refractivity contribution in [2.45, 2.75) is 24.7 Å². The average molecular weight is 275 g/mol. The van der Waals surface area contributed by atoms with E-state index < -0.39 is 29.9 Å². The van der Waals surface area contributed by atoms with E-state index in [9.17, 15) is 18.0 Å². The standard InChI is InChI=1S/C12H12F3NO3/c13-12(14,15)7-1-3-8(4-2-7)19-9-5-6-16-10(9)11(17)18/h1-4,9-10,16H,5-6H2,(H,17,18)/t9?,10-/m0/s1. The normalized spacial score (nSPS) is 23.3. The van der Waals surface area contributed by atoms with Crippen molar-refractivity contribution in [3.8, 4) is 5.75 Å². The Hall–Kier alpha value is -1.76. The van der Waals surface area contributed by atoms with Crippen molar-refractivity contribution in [2.24, 2.45) is 0 Å². The Morgan fingerprint density at radius 1 is 1.32 bits per heavy atom. The first-order valence-electron chi connectivity index (χ1n) is 5.68. The lowest BCUT2D eigenvalue weighted by Gasteiger charge is -2.18. The molecule has 0 aromatic heterocycles. The summed E-state index contributed by atoms with van der Waals surface area (Å²) < 4.78 is 42.5. The van der Waals surface area contributed by atoms with E-state index in [4.69, 9.17) is 9.84 Å². The fraction of sp³-hybridized carbons (Fsp3) is 0.417. The van der Waals surface area contributed by atoms with Gasteiger partial charge < -0.3 is 15.2 Å². The van der Waals surface area contributed by atoms with Crippen molar-refractivity contribution >= 4 is 5.97 Å². The number of alkyl halides is 3. The van der Waals surface area contributed by atoms with Crippen molar-refractivity contribution in [3.05, 3.63) is 29.8 Å². The van der Waals surface area contributed by atoms with E-state index in [1.165, 1.54) is 12.1 Å². The molecule has 1 unspecified atom stereocenters. The number of rotatable bonds is 3. The molecule has 7 heteroatoms. The molecule has 1 saturated heterocycles. The minimum absolute atomic E-state index is 0.230. The number of ether oxygens (including phenoxy) is 1. The second-order valence-corrected chi connectivity index (χ2v) is 4.24. The van der Waals surface area contributed by atoms with Crippen LogP contribution in [0, 0.1) is 0 Å². The third-order valence-electron chi connectivity index (χ3n) is 2.90. The maximum atomic E-state index is 12.4. The summed E-state index contributed by atoms with van der Waals surface area (Å²) in [5.41, 5.74) is -0.765. The molecule has 1 aromatic rings. The fourth-order valence-electron chi connectivity index (χ4n) is 1.95. The molecule has 1 fully saturated rings. The van der Waals surface area contributed by atoms with Crippen LogP contribution < -0.4 is 10.1 Å². The smallest absolute Gasteiger partial charge is 0.416 e. The molecular formula is C12H12F3NO3. The van der Waals surface area contributed by atoms with Crippen LogP contribution in [0.1, 0.15) is 12.0 Å². The number of halogens is 3. The van der Waals surface area contributed by atoms with Crippen LogP contribution in [0.2, 0.25) is 0 Å². The summed E-state index contributed by atoms with van der Waals surface area (Å²) in [4.78, 5) is 10.9. The average Bonchev–Trinajstić information content (AvgIpc) is 2.77. The highest BCUT2D eigenvalue weighted by molar-refractivity contribution is 5.74. The first-order valence-corrected chi connectivity index (χ1v) is 5.68. The van der Waals surface area contributed by atoms with E-state index in [-0.39, 0.29) is 5.75 Å². The van der Waals surface area contributed by atoms with Gasteiger partial charge in [0, 0.05) is 0 Å². The van der Waals surface area contributed by atoms with Gasteiger partial charge >= 0.3 is 12.1 Å². The van der Waals surface area contributed by atoms with Crippen LogP contribution in [0.5, 0.6) is 5.75 Å². The summed E-state index contributed by atoms with van der Waals surface area (Å²) >= 11 is 0. The molecule has 2 N–H and O–H groups in total. The fourth-order valence-corrected chi connectivity index (χ4v) is 1.95. The number of nitrogens with one attached hydrogen (secondary N) is 1. The van der Waals surface area contributed by atoms with E-state index in [1.54, 1.807) is 0 Å². The highest BCUT2D eigenvalue weighted by atomic mass is 19.4. The number of hydrogen-bond acceptors (Lipinski definition) is 3. The zero-order valence-electron chi connectivity index (χ0n) is 9.78. The van der Waals surface area contributed by atoms with Crippen molar-refractivity contribution in [3.63, 3.8) is 0 Å². The van der Waals surface area contributed by atoms with Gasteiger partial charge in [0.15, 0.2) is 0 Å². The lowest BCUT2D eigenvalue weighted by atomic mass is 10.1. The zero-order valence-corrected chi connectivity index (χ0v) is 9.78. The van der Waals surface area contributed by atoms with Crippen LogP contribution in [0.3, 0.4) is 0 Å². The predicted molar refractivity (Wildman–Crippen MR) is 59.9 cm³/mol. The number of carboxylic acid groups (broad SMARTS) is 1. The summed E-state index contributed by atoms with van der Waals surface area (Å²) in [5, 5.41) is 11.7. The number of hydrogen-bond donors (Lipinski definition) is 2. The molecule has 19 heavy (non-hydrogen) atoms. The topological polar surface area (TPSA) is 58.6 Å². The molecule has 1 aliphatic rings. The minimum Gasteiger partial charge on any atom is -0.488 e. The molecule has 0 amide bonds. The molecule has 0 radical (unpaired) electrons. The van der Waals surface area contributed by atoms with Crippen LogP contribution in [0.25, 0.3) is 0 Å². The van der Waals surface area contributed by atoms with Crippen LogP contribution >= 0.6 is 0 Å². The summed E-state index contributed by atoms with van der Waals surface area (Å²) in [5.74, 6) is -0.803. The predicted octanol–water partition coefficient (Wildman–Crippen LogP) is 1.90. The van der Waals surface area contributed by atoms with Crippen LogP contribution in [-0.4, -0.2) is 29.8 Å². The molecule has 2 rings (SSSR count). The Labute approximate surface area is 107 Å². The Bertz CT molecular complexity index is 458. The number of carbonyl (C=O) groups is 1. The number of benzene rings is 1. The molecule has 4 nitrogen and oxygen atoms in total. The summed E-state index contributed by atoms with van der Waals surface area (Å²) in [6.07, 6.45) is -4.47. The van der Waals surface area contributed by atoms with E-state index in [2.05, 4.69) is 5.32 Å². The summed E-state index contributed by atoms with van der Waals surface area (Å²) in [7, 11) is 0. The number of aliphatic carboxylic acids is 1. The molecule has 1 heterocycles. The van der Waals surface area contributed by atoms with Gasteiger partial charge in [-0.3, -0.25) is 4.79 Å². The van der Waals surface area contributed by atoms with Crippen LogP contribution in [-0.2, 0) is 11.0 Å². The molecule has 0 aliphatic carbocycles. The van der Waals surface area contributed by atoms with E-state index >= 15 is 0 Å². The highest BCUT2D eigenvalue weighted by Gasteiger charge is 2.34. The van der Waals surface area contributed by atoms with E-state index in [0.717, 1.165) is 12.1 Å². The van der Waals surface area contributed by atoms with Crippen molar-refractivity contribution in [1.82, 2.24) is 5.32 Å². The molecule has 2 atom stereocenters. The molecule has 0 bridgehead atoms. The first kappa shape index (κ1) is 13.7. The van der Waals surface area contributed by atoms with Gasteiger partial charge in [-0.15, -0.1) is 0 Å². The van der Waals surface area contributed by atoms with Crippen molar-refractivity contribution < 1.29 is 27.8 Å². The SMILES string of the molecule is O=C(O)[C@H]1NCCC1Oc1ccc(C(F)(F)F)cc1. The van der Waals surface area contributed by atoms with Gasteiger partial charge in [0.2, 0.25) is 0 Å². The summed E-state index contributed by atoms with van der Waals surface area (Å²) in [6, 6.07) is 3.38. The maximum absolute atomic E-state index is 12.4. The molecule has 1 aromatic carbocycles. The van der Waals surface area contributed by atoms with Crippen molar-refractivity contribution in [1.29, 1.82) is 0 Å². The Morgan fingerprint density at radius 2 is 1.95 bits per heavy atom. The van der Waals surface area contributed by atoms with Crippen LogP contribution in [0.15, 0.2) is 24.3 Å². The number of carboxylic acids is 1. The summed E-state index contributed by atoms with van der Waals surface area (Å²) in [6.45, 7) is 0.502. The van der Waals surface area contributed by atoms with Gasteiger partial charge in [-0.1, -0.05) is 0 Å². The third-order valence-corrected chi connectivity index (χ3v) is 2.90. The third kappa shape index (κ3) is 3.17. The second-order valence-electron chi connectivity index (χ2n) is 4.24. The molecular weight excluding hydrogens is 263 g/mol. The van der Waals surface area contributed by atoms with Gasteiger partial charge in [0.1, 0.15) is 17.9 Å². The van der Waals surface area contributed by atoms with E-state index in [1.807, 2.05) is 0 Å². The lowest BCUT2D eigenvalue weighted by molar-refractivity contribution is -0.141. The van der Waals surface area contributed by atoms with Gasteiger partial charge in [-0.2, -0.15) is 13.2 Å². The van der Waals surface area contributed by atoms with Crippen molar-refractivity contribution in [2.75, 3.05) is 6.54 Å². The first-order chi connectivity index (χ1) is 8.88. The Balaban J connectivity index is 2.06. The monoisotopic (exact) mass is 275 g/mol. The quantitative estimate of drug-likeness (QED) is 0.884. The Kier molecular flexibility index (Phi) is 3.66. The Morgan fingerprint density at radius 3 is 2.47 bits per heavy atom. The molecule has 0 spiro atoms. The minimum atomic E-state index is -4.39. The molecule has 104 valence electrons. The van der Waals surface area contributed by atoms with Crippen LogP contribution in [0.4, 0.5) is 13.2 Å². The van der Waals surface area contributed by atoms with Gasteiger partial charge in [0.25, 0.3) is 0 Å². The van der Waals surface area contributed by atoms with Gasteiger partial charge in [0.05, 0.1) is 5.56 Å². The largest absolute Gasteiger partial charge is 0.488 e. The van der Waals surface area contributed by atoms with Gasteiger partial charge in [-0.05, 0) is 37.2 Å². The zero-order chi connectivity index (χ0) is 14.0. The maximum Gasteiger partial charge on any atom is 0.416 e. The lowest BCUT2D eigenvalue weighted by Crippen LogP contribution is -2.41. The molecule has 1 aliphatic heterocycles. The van der Waals surface area contributed by atoms with E-state index in [0.29, 0.717) is 13.0 Å². The second kappa shape index (κ2) is 5.08.